The summed E-state index contributed by atoms with van der Waals surface area (Å²) in [7, 11) is 1.54. The van der Waals surface area contributed by atoms with Gasteiger partial charge >= 0.3 is 0 Å². The lowest BCUT2D eigenvalue weighted by molar-refractivity contribution is -0.126. The van der Waals surface area contributed by atoms with Crippen molar-refractivity contribution in [1.29, 1.82) is 0 Å². The molecule has 0 spiro atoms. The third-order valence-electron chi connectivity index (χ3n) is 3.58. The van der Waals surface area contributed by atoms with Crippen molar-refractivity contribution in [2.75, 3.05) is 20.3 Å². The monoisotopic (exact) mass is 309 g/mol. The van der Waals surface area contributed by atoms with Gasteiger partial charge in [0.15, 0.2) is 0 Å². The summed E-state index contributed by atoms with van der Waals surface area (Å²) >= 11 is 0. The average Bonchev–Trinajstić information content (AvgIpc) is 2.55. The Hall–Kier alpha value is -1.89. The molecule has 1 aromatic rings. The number of amides is 1. The Labute approximate surface area is 130 Å². The second kappa shape index (κ2) is 8.53. The number of methoxy groups -OCH3 is 1. The Morgan fingerprint density at radius 1 is 1.23 bits per heavy atom. The van der Waals surface area contributed by atoms with Crippen LogP contribution in [0.4, 0.5) is 0 Å². The van der Waals surface area contributed by atoms with E-state index in [2.05, 4.69) is 15.3 Å². The highest BCUT2D eigenvalue weighted by molar-refractivity contribution is 5.77. The van der Waals surface area contributed by atoms with Crippen LogP contribution < -0.4 is 14.8 Å². The quantitative estimate of drug-likeness (QED) is 0.818. The maximum atomic E-state index is 11.6. The van der Waals surface area contributed by atoms with Crippen molar-refractivity contribution in [3.05, 3.63) is 12.4 Å². The zero-order valence-corrected chi connectivity index (χ0v) is 13.1. The summed E-state index contributed by atoms with van der Waals surface area (Å²) < 4.78 is 16.1. The highest BCUT2D eigenvalue weighted by Gasteiger charge is 2.24. The number of nitrogens with zero attached hydrogens (tertiary/aromatic N) is 2. The molecule has 1 aliphatic rings. The molecule has 2 rings (SSSR count). The molecule has 0 aliphatic heterocycles. The van der Waals surface area contributed by atoms with Crippen LogP contribution in [0.5, 0.6) is 11.8 Å². The first kappa shape index (κ1) is 16.5. The fourth-order valence-electron chi connectivity index (χ4n) is 2.48. The fourth-order valence-corrected chi connectivity index (χ4v) is 2.48. The summed E-state index contributed by atoms with van der Waals surface area (Å²) in [6.45, 7) is 2.55. The molecule has 1 N–H and O–H groups in total. The first-order chi connectivity index (χ1) is 10.7. The van der Waals surface area contributed by atoms with Crippen LogP contribution >= 0.6 is 0 Å². The zero-order chi connectivity index (χ0) is 15.8. The van der Waals surface area contributed by atoms with Gasteiger partial charge in [0, 0.05) is 25.0 Å². The summed E-state index contributed by atoms with van der Waals surface area (Å²) in [6.07, 6.45) is 6.70. The molecule has 1 aliphatic carbocycles. The van der Waals surface area contributed by atoms with Crippen molar-refractivity contribution >= 4 is 5.91 Å². The van der Waals surface area contributed by atoms with Crippen LogP contribution in [0.3, 0.4) is 0 Å². The molecule has 122 valence electrons. The number of ether oxygens (including phenoxy) is 3. The van der Waals surface area contributed by atoms with Gasteiger partial charge in [0.25, 0.3) is 11.8 Å². The Balaban J connectivity index is 1.76. The summed E-state index contributed by atoms with van der Waals surface area (Å²) in [6, 6.07) is 0.191. The highest BCUT2D eigenvalue weighted by atomic mass is 16.5. The number of carbonyl (C=O) groups excluding carboxylic acids is 1. The highest BCUT2D eigenvalue weighted by Crippen LogP contribution is 2.27. The molecule has 1 amide bonds. The molecule has 1 heterocycles. The minimum atomic E-state index is -0.0539. The van der Waals surface area contributed by atoms with Crippen molar-refractivity contribution in [3.8, 4) is 11.8 Å². The van der Waals surface area contributed by atoms with E-state index in [9.17, 15) is 4.79 Å². The van der Waals surface area contributed by atoms with E-state index >= 15 is 0 Å². The van der Waals surface area contributed by atoms with E-state index < -0.39 is 0 Å². The van der Waals surface area contributed by atoms with Crippen molar-refractivity contribution < 1.29 is 19.0 Å². The lowest BCUT2D eigenvalue weighted by Gasteiger charge is -2.29. The van der Waals surface area contributed by atoms with Crippen molar-refractivity contribution in [2.24, 2.45) is 0 Å². The number of aromatic nitrogens is 2. The average molecular weight is 309 g/mol. The molecule has 1 fully saturated rings. The topological polar surface area (TPSA) is 82.6 Å². The normalized spacial score (nSPS) is 21.2. The molecule has 0 bridgehead atoms. The molecule has 1 saturated carbocycles. The lowest BCUT2D eigenvalue weighted by Crippen LogP contribution is -2.41. The summed E-state index contributed by atoms with van der Waals surface area (Å²) in [5.41, 5.74) is 0. The molecular weight excluding hydrogens is 286 g/mol. The molecule has 7 heteroatoms. The second-order valence-corrected chi connectivity index (χ2v) is 5.17. The smallest absolute Gasteiger partial charge is 0.278 e. The molecule has 0 atom stereocenters. The lowest BCUT2D eigenvalue weighted by atomic mass is 9.93. The van der Waals surface area contributed by atoms with Crippen molar-refractivity contribution in [3.63, 3.8) is 0 Å². The molecule has 0 aromatic carbocycles. The van der Waals surface area contributed by atoms with Gasteiger partial charge in [-0.2, -0.15) is 0 Å². The minimum absolute atomic E-state index is 0.0539. The van der Waals surface area contributed by atoms with Crippen LogP contribution in [0.15, 0.2) is 12.4 Å². The van der Waals surface area contributed by atoms with E-state index in [-0.39, 0.29) is 24.7 Å². The molecule has 0 radical (unpaired) electrons. The summed E-state index contributed by atoms with van der Waals surface area (Å²) in [4.78, 5) is 19.8. The standard InChI is InChI=1S/C15H23N3O4/c1-3-21-10-13(19)18-11-4-6-12(7-5-11)22-15-14(20-2)16-8-9-17-15/h8-9,11-12H,3-7,10H2,1-2H3,(H,18,19). The predicted octanol–water partition coefficient (Wildman–Crippen LogP) is 1.33. The number of carbonyl (C=O) groups is 1. The van der Waals surface area contributed by atoms with Crippen molar-refractivity contribution in [1.82, 2.24) is 15.3 Å². The van der Waals surface area contributed by atoms with Gasteiger partial charge in [0.05, 0.1) is 7.11 Å². The first-order valence-corrected chi connectivity index (χ1v) is 7.61. The first-order valence-electron chi connectivity index (χ1n) is 7.61. The fraction of sp³-hybridized carbons (Fsp3) is 0.667. The molecule has 7 nitrogen and oxygen atoms in total. The summed E-state index contributed by atoms with van der Waals surface area (Å²) in [5, 5.41) is 2.99. The van der Waals surface area contributed by atoms with E-state index in [4.69, 9.17) is 14.2 Å². The van der Waals surface area contributed by atoms with Crippen LogP contribution in [0, 0.1) is 0 Å². The van der Waals surface area contributed by atoms with Gasteiger partial charge in [-0.25, -0.2) is 9.97 Å². The third kappa shape index (κ3) is 4.84. The predicted molar refractivity (Wildman–Crippen MR) is 79.9 cm³/mol. The Bertz CT molecular complexity index is 476. The second-order valence-electron chi connectivity index (χ2n) is 5.17. The molecule has 22 heavy (non-hydrogen) atoms. The van der Waals surface area contributed by atoms with Crippen LogP contribution in [0.25, 0.3) is 0 Å². The van der Waals surface area contributed by atoms with Gasteiger partial charge in [-0.1, -0.05) is 0 Å². The number of nitrogens with one attached hydrogen (secondary N) is 1. The third-order valence-corrected chi connectivity index (χ3v) is 3.58. The largest absolute Gasteiger partial charge is 0.477 e. The van der Waals surface area contributed by atoms with Gasteiger partial charge in [-0.15, -0.1) is 0 Å². The Morgan fingerprint density at radius 2 is 1.91 bits per heavy atom. The van der Waals surface area contributed by atoms with Crippen molar-refractivity contribution in [2.45, 2.75) is 44.8 Å². The molecule has 0 saturated heterocycles. The van der Waals surface area contributed by atoms with E-state index in [1.165, 1.54) is 0 Å². The Kier molecular flexibility index (Phi) is 6.39. The van der Waals surface area contributed by atoms with Gasteiger partial charge in [0.2, 0.25) is 5.91 Å². The molecule has 1 aromatic heterocycles. The van der Waals surface area contributed by atoms with E-state index in [1.54, 1.807) is 19.5 Å². The van der Waals surface area contributed by atoms with Crippen LogP contribution in [0.2, 0.25) is 0 Å². The molecule has 0 unspecified atom stereocenters. The van der Waals surface area contributed by atoms with E-state index in [0.717, 1.165) is 25.7 Å². The molecular formula is C15H23N3O4. The van der Waals surface area contributed by atoms with Gasteiger partial charge < -0.3 is 19.5 Å². The Morgan fingerprint density at radius 3 is 2.55 bits per heavy atom. The minimum Gasteiger partial charge on any atom is -0.477 e. The van der Waals surface area contributed by atoms with Crippen LogP contribution in [-0.4, -0.2) is 48.3 Å². The number of rotatable bonds is 7. The zero-order valence-electron chi connectivity index (χ0n) is 13.1. The SMILES string of the molecule is CCOCC(=O)NC1CCC(Oc2nccnc2OC)CC1. The van der Waals surface area contributed by atoms with E-state index in [1.807, 2.05) is 6.92 Å². The maximum Gasteiger partial charge on any atom is 0.278 e. The van der Waals surface area contributed by atoms with E-state index in [0.29, 0.717) is 18.4 Å². The summed E-state index contributed by atoms with van der Waals surface area (Å²) in [5.74, 6) is 0.769. The van der Waals surface area contributed by atoms with Crippen LogP contribution in [-0.2, 0) is 9.53 Å². The number of hydrogen-bond donors (Lipinski definition) is 1. The van der Waals surface area contributed by atoms with Gasteiger partial charge in [0.1, 0.15) is 12.7 Å². The van der Waals surface area contributed by atoms with Gasteiger partial charge in [-0.05, 0) is 32.6 Å². The van der Waals surface area contributed by atoms with Crippen LogP contribution in [0.1, 0.15) is 32.6 Å². The van der Waals surface area contributed by atoms with Gasteiger partial charge in [-0.3, -0.25) is 4.79 Å². The maximum absolute atomic E-state index is 11.6. The number of hydrogen-bond acceptors (Lipinski definition) is 6.